The molecule has 2 aromatic rings. The first-order chi connectivity index (χ1) is 12.9. The number of hydrogen-bond donors (Lipinski definition) is 1. The molecule has 0 bridgehead atoms. The van der Waals surface area contributed by atoms with E-state index < -0.39 is 24.1 Å². The molecule has 1 N–H and O–H groups in total. The fourth-order valence-electron chi connectivity index (χ4n) is 2.10. The minimum Gasteiger partial charge on any atom is -0.497 e. The van der Waals surface area contributed by atoms with Crippen molar-refractivity contribution in [3.05, 3.63) is 54.1 Å². The van der Waals surface area contributed by atoms with Crippen molar-refractivity contribution in [2.24, 2.45) is 0 Å². The molecular formula is C20H20N2O5. The number of anilines is 1. The lowest BCUT2D eigenvalue weighted by molar-refractivity contribution is -0.159. The van der Waals surface area contributed by atoms with Crippen LogP contribution in [0.15, 0.2) is 48.5 Å². The number of methoxy groups -OCH3 is 1. The lowest BCUT2D eigenvalue weighted by Gasteiger charge is -2.18. The Morgan fingerprint density at radius 1 is 0.963 bits per heavy atom. The van der Waals surface area contributed by atoms with Crippen LogP contribution >= 0.6 is 0 Å². The quantitative estimate of drug-likeness (QED) is 0.755. The highest BCUT2D eigenvalue weighted by molar-refractivity contribution is 5.95. The Kier molecular flexibility index (Phi) is 6.78. The summed E-state index contributed by atoms with van der Waals surface area (Å²) in [7, 11) is 1.55. The molecule has 2 aromatic carbocycles. The number of nitriles is 1. The first kappa shape index (κ1) is 19.8. The van der Waals surface area contributed by atoms with Crippen molar-refractivity contribution in [3.63, 3.8) is 0 Å². The van der Waals surface area contributed by atoms with Crippen LogP contribution in [0.5, 0.6) is 11.5 Å². The molecule has 0 aliphatic rings. The SMILES string of the molecule is COc1ccc(NC(=O)[C@@H](C)OC(=O)[C@@H](C)Oc2ccc(C#N)cc2)cc1. The van der Waals surface area contributed by atoms with Gasteiger partial charge in [0.2, 0.25) is 0 Å². The van der Waals surface area contributed by atoms with E-state index in [1.165, 1.54) is 13.8 Å². The molecule has 0 aliphatic heterocycles. The summed E-state index contributed by atoms with van der Waals surface area (Å²) in [4.78, 5) is 24.3. The summed E-state index contributed by atoms with van der Waals surface area (Å²) in [6.07, 6.45) is -1.90. The van der Waals surface area contributed by atoms with Gasteiger partial charge in [0.05, 0.1) is 18.7 Å². The molecule has 140 valence electrons. The van der Waals surface area contributed by atoms with Gasteiger partial charge in [-0.1, -0.05) is 0 Å². The maximum Gasteiger partial charge on any atom is 0.347 e. The lowest BCUT2D eigenvalue weighted by Crippen LogP contribution is -2.35. The second-order valence-electron chi connectivity index (χ2n) is 5.69. The van der Waals surface area contributed by atoms with Crippen molar-refractivity contribution in [3.8, 4) is 17.6 Å². The van der Waals surface area contributed by atoms with Gasteiger partial charge < -0.3 is 19.5 Å². The average Bonchev–Trinajstić information content (AvgIpc) is 2.68. The molecule has 0 heterocycles. The number of carbonyl (C=O) groups excluding carboxylic acids is 2. The van der Waals surface area contributed by atoms with Crippen LogP contribution in [0, 0.1) is 11.3 Å². The second-order valence-corrected chi connectivity index (χ2v) is 5.69. The molecule has 2 rings (SSSR count). The predicted octanol–water partition coefficient (Wildman–Crippen LogP) is 2.90. The summed E-state index contributed by atoms with van der Waals surface area (Å²) >= 11 is 0. The zero-order valence-corrected chi connectivity index (χ0v) is 15.3. The molecule has 0 fully saturated rings. The van der Waals surface area contributed by atoms with Crippen LogP contribution in [0.25, 0.3) is 0 Å². The van der Waals surface area contributed by atoms with Crippen LogP contribution in [-0.2, 0) is 14.3 Å². The molecule has 7 heteroatoms. The molecule has 0 spiro atoms. The van der Waals surface area contributed by atoms with Gasteiger partial charge in [-0.3, -0.25) is 4.79 Å². The highest BCUT2D eigenvalue weighted by Gasteiger charge is 2.23. The summed E-state index contributed by atoms with van der Waals surface area (Å²) < 4.78 is 15.7. The number of amides is 1. The van der Waals surface area contributed by atoms with Gasteiger partial charge >= 0.3 is 5.97 Å². The largest absolute Gasteiger partial charge is 0.497 e. The normalized spacial score (nSPS) is 12.2. The monoisotopic (exact) mass is 368 g/mol. The number of carbonyl (C=O) groups is 2. The van der Waals surface area contributed by atoms with E-state index in [0.717, 1.165) is 0 Å². The van der Waals surface area contributed by atoms with Crippen LogP contribution in [0.2, 0.25) is 0 Å². The summed E-state index contributed by atoms with van der Waals surface area (Å²) in [5, 5.41) is 11.4. The van der Waals surface area contributed by atoms with Gasteiger partial charge in [-0.05, 0) is 62.4 Å². The van der Waals surface area contributed by atoms with Crippen LogP contribution in [0.4, 0.5) is 5.69 Å². The van der Waals surface area contributed by atoms with Gasteiger partial charge in [-0.2, -0.15) is 5.26 Å². The first-order valence-corrected chi connectivity index (χ1v) is 8.25. The van der Waals surface area contributed by atoms with E-state index >= 15 is 0 Å². The molecular weight excluding hydrogens is 348 g/mol. The van der Waals surface area contributed by atoms with Crippen LogP contribution in [0.1, 0.15) is 19.4 Å². The Bertz CT molecular complexity index is 825. The third kappa shape index (κ3) is 5.75. The molecule has 0 saturated carbocycles. The van der Waals surface area contributed by atoms with Crippen molar-refractivity contribution in [1.82, 2.24) is 0 Å². The number of nitrogens with zero attached hydrogens (tertiary/aromatic N) is 1. The van der Waals surface area contributed by atoms with Gasteiger partial charge in [0.15, 0.2) is 12.2 Å². The zero-order chi connectivity index (χ0) is 19.8. The first-order valence-electron chi connectivity index (χ1n) is 8.25. The van der Waals surface area contributed by atoms with E-state index in [0.29, 0.717) is 22.7 Å². The molecule has 0 radical (unpaired) electrons. The third-order valence-corrected chi connectivity index (χ3v) is 3.65. The number of rotatable bonds is 7. The summed E-state index contributed by atoms with van der Waals surface area (Å²) in [5.74, 6) is -0.0362. The number of hydrogen-bond acceptors (Lipinski definition) is 6. The standard InChI is InChI=1S/C20H20N2O5/c1-13(19(23)22-16-6-10-17(25-3)11-7-16)27-20(24)14(2)26-18-8-4-15(12-21)5-9-18/h4-11,13-14H,1-3H3,(H,22,23)/t13-,14-/m1/s1. The maximum absolute atomic E-state index is 12.2. The highest BCUT2D eigenvalue weighted by Crippen LogP contribution is 2.16. The van der Waals surface area contributed by atoms with E-state index in [2.05, 4.69) is 5.32 Å². The highest BCUT2D eigenvalue weighted by atomic mass is 16.6. The third-order valence-electron chi connectivity index (χ3n) is 3.65. The fourth-order valence-corrected chi connectivity index (χ4v) is 2.10. The van der Waals surface area contributed by atoms with Crippen molar-refractivity contribution in [1.29, 1.82) is 5.26 Å². The molecule has 7 nitrogen and oxygen atoms in total. The molecule has 27 heavy (non-hydrogen) atoms. The zero-order valence-electron chi connectivity index (χ0n) is 15.3. The van der Waals surface area contributed by atoms with Gasteiger partial charge in [-0.25, -0.2) is 4.79 Å². The van der Waals surface area contributed by atoms with Gasteiger partial charge in [0, 0.05) is 5.69 Å². The Morgan fingerprint density at radius 3 is 2.11 bits per heavy atom. The maximum atomic E-state index is 12.2. The molecule has 0 saturated heterocycles. The van der Waals surface area contributed by atoms with Crippen LogP contribution in [0.3, 0.4) is 0 Å². The van der Waals surface area contributed by atoms with Gasteiger partial charge in [-0.15, -0.1) is 0 Å². The molecule has 0 unspecified atom stereocenters. The molecule has 2 atom stereocenters. The minimum absolute atomic E-state index is 0.425. The number of benzene rings is 2. The van der Waals surface area contributed by atoms with E-state index in [1.807, 2.05) is 6.07 Å². The summed E-state index contributed by atoms with van der Waals surface area (Å²) in [5.41, 5.74) is 1.05. The number of ether oxygens (including phenoxy) is 3. The molecule has 0 aliphatic carbocycles. The van der Waals surface area contributed by atoms with Crippen LogP contribution < -0.4 is 14.8 Å². The predicted molar refractivity (Wildman–Crippen MR) is 98.4 cm³/mol. The molecule has 1 amide bonds. The van der Waals surface area contributed by atoms with E-state index in [1.54, 1.807) is 55.6 Å². The summed E-state index contributed by atoms with van der Waals surface area (Å²) in [6, 6.07) is 15.1. The fraction of sp³-hybridized carbons (Fsp3) is 0.250. The van der Waals surface area contributed by atoms with E-state index in [-0.39, 0.29) is 0 Å². The number of nitrogens with one attached hydrogen (secondary N) is 1. The Balaban J connectivity index is 1.86. The Morgan fingerprint density at radius 2 is 1.56 bits per heavy atom. The lowest BCUT2D eigenvalue weighted by atomic mass is 10.2. The smallest absolute Gasteiger partial charge is 0.347 e. The van der Waals surface area contributed by atoms with Crippen molar-refractivity contribution in [2.75, 3.05) is 12.4 Å². The van der Waals surface area contributed by atoms with E-state index in [4.69, 9.17) is 19.5 Å². The van der Waals surface area contributed by atoms with Crippen LogP contribution in [-0.4, -0.2) is 31.2 Å². The molecule has 0 aromatic heterocycles. The topological polar surface area (TPSA) is 97.7 Å². The van der Waals surface area contributed by atoms with Gasteiger partial charge in [0.1, 0.15) is 11.5 Å². The van der Waals surface area contributed by atoms with Crippen molar-refractivity contribution in [2.45, 2.75) is 26.1 Å². The van der Waals surface area contributed by atoms with Crippen molar-refractivity contribution >= 4 is 17.6 Å². The van der Waals surface area contributed by atoms with E-state index in [9.17, 15) is 9.59 Å². The summed E-state index contributed by atoms with van der Waals surface area (Å²) in [6.45, 7) is 3.00. The Hall–Kier alpha value is -3.53. The number of esters is 1. The van der Waals surface area contributed by atoms with Crippen molar-refractivity contribution < 1.29 is 23.8 Å². The minimum atomic E-state index is -0.994. The average molecular weight is 368 g/mol. The Labute approximate surface area is 157 Å². The second kappa shape index (κ2) is 9.25. The van der Waals surface area contributed by atoms with Gasteiger partial charge in [0.25, 0.3) is 5.91 Å².